The minimum atomic E-state index is -4.94. The molecular weight excluding hydrogens is 828 g/mol. The topological polar surface area (TPSA) is 370 Å². The predicted molar refractivity (Wildman–Crippen MR) is 105 cm³/mol. The summed E-state index contributed by atoms with van der Waals surface area (Å²) in [5, 5.41) is 0. The summed E-state index contributed by atoms with van der Waals surface area (Å²) in [7, 11) is -2.45. The van der Waals surface area contributed by atoms with Crippen molar-refractivity contribution in [1.82, 2.24) is 0 Å². The molecule has 26 heteroatoms. The van der Waals surface area contributed by atoms with Crippen molar-refractivity contribution in [1.29, 1.82) is 0 Å². The van der Waals surface area contributed by atoms with Crippen LogP contribution in [0.3, 0.4) is 0 Å². The number of esters is 6. The molecular formula is C18H30Cl2O23Yb. The zero-order valence-electron chi connectivity index (χ0n) is 23.7. The fourth-order valence-corrected chi connectivity index (χ4v) is 1.01. The molecule has 0 aromatic rings. The van der Waals surface area contributed by atoms with E-state index < -0.39 is 56.3 Å². The third-order valence-electron chi connectivity index (χ3n) is 2.69. The molecule has 23 nitrogen and oxygen atoms in total. The van der Waals surface area contributed by atoms with Crippen molar-refractivity contribution in [2.45, 2.75) is 0 Å². The van der Waals surface area contributed by atoms with Crippen molar-refractivity contribution in [2.75, 3.05) is 82.3 Å². The number of rotatable bonds is 12. The molecule has 0 saturated carbocycles. The number of halogens is 2. The number of hydrogen-bond donors (Lipinski definition) is 0. The molecule has 268 valence electrons. The molecule has 0 aliphatic heterocycles. The van der Waals surface area contributed by atoms with Gasteiger partial charge in [0.2, 0.25) is 0 Å². The molecule has 0 bridgehead atoms. The predicted octanol–water partition coefficient (Wildman–Crippen LogP) is -11.5. The monoisotopic (exact) mass is 858 g/mol. The summed E-state index contributed by atoms with van der Waals surface area (Å²) in [6.45, 7) is -1.38. The van der Waals surface area contributed by atoms with Gasteiger partial charge < -0.3 is 42.6 Å². The van der Waals surface area contributed by atoms with Crippen LogP contribution in [-0.4, -0.2) is 118 Å². The first-order valence-electron chi connectivity index (χ1n) is 9.99. The Morgan fingerprint density at radius 3 is 0.523 bits per heavy atom. The number of carbonyl (C=O) groups is 6. The molecule has 44 heavy (non-hydrogen) atoms. The zero-order chi connectivity index (χ0) is 35.1. The fourth-order valence-electron chi connectivity index (χ4n) is 1.01. The van der Waals surface area contributed by atoms with Gasteiger partial charge in [-0.3, -0.25) is 0 Å². The van der Waals surface area contributed by atoms with Crippen LogP contribution in [0.4, 0.5) is 0 Å². The van der Waals surface area contributed by atoms with E-state index >= 15 is 0 Å². The van der Waals surface area contributed by atoms with Crippen molar-refractivity contribution >= 4 is 35.8 Å². The molecule has 0 aromatic heterocycles. The van der Waals surface area contributed by atoms with Crippen LogP contribution in [0.5, 0.6) is 0 Å². The van der Waals surface area contributed by atoms with Gasteiger partial charge >= 0.3 is 82.7 Å². The largest absolute Gasteiger partial charge is 2.00 e. The summed E-state index contributed by atoms with van der Waals surface area (Å²) in [5.74, 6) is -3.12. The molecule has 0 aliphatic rings. The summed E-state index contributed by atoms with van der Waals surface area (Å²) in [4.78, 5) is 62.3. The Hall–Kier alpha value is -1.52. The second-order valence-corrected chi connectivity index (χ2v) is 7.20. The van der Waals surface area contributed by atoms with E-state index in [1.54, 1.807) is 0 Å². The van der Waals surface area contributed by atoms with E-state index in [0.29, 0.717) is 0 Å². The van der Waals surface area contributed by atoms with Crippen molar-refractivity contribution in [2.24, 2.45) is 0 Å². The molecule has 0 saturated heterocycles. The molecule has 0 fully saturated rings. The van der Waals surface area contributed by atoms with Crippen LogP contribution in [0.15, 0.2) is 0 Å². The molecule has 0 unspecified atom stereocenters. The average Bonchev–Trinajstić information content (AvgIpc) is 2.90. The Kier molecular flexibility index (Phi) is 44.9. The van der Waals surface area contributed by atoms with E-state index in [2.05, 4.69) is 42.6 Å². The van der Waals surface area contributed by atoms with Crippen molar-refractivity contribution < 1.29 is 176 Å². The van der Waals surface area contributed by atoms with Crippen LogP contribution in [0.25, 0.3) is 0 Å². The zero-order valence-corrected chi connectivity index (χ0v) is 26.9. The summed E-state index contributed by atoms with van der Waals surface area (Å²) in [6.07, 6.45) is 0. The molecule has 0 aliphatic carbocycles. The first kappa shape index (κ1) is 54.9. The summed E-state index contributed by atoms with van der Waals surface area (Å²) in [6, 6.07) is 0. The van der Waals surface area contributed by atoms with Gasteiger partial charge in [0.25, 0.3) is 0 Å². The van der Waals surface area contributed by atoms with Gasteiger partial charge in [-0.2, -0.15) is 0 Å². The second-order valence-electron chi connectivity index (χ2n) is 5.69. The van der Waals surface area contributed by atoms with Crippen LogP contribution in [-0.2, 0) is 71.4 Å². The van der Waals surface area contributed by atoms with Crippen molar-refractivity contribution in [3.63, 3.8) is 0 Å². The molecule has 0 aromatic carbocycles. The minimum Gasteiger partial charge on any atom is -0.467 e. The van der Waals surface area contributed by atoms with Gasteiger partial charge in [-0.05, 0) is 0 Å². The van der Waals surface area contributed by atoms with Crippen molar-refractivity contribution in [3.05, 3.63) is 0 Å². The van der Waals surface area contributed by atoms with Crippen molar-refractivity contribution in [3.8, 4) is 0 Å². The maximum absolute atomic E-state index is 10.4. The maximum Gasteiger partial charge on any atom is 2.00 e. The van der Waals surface area contributed by atoms with E-state index in [1.165, 1.54) is 42.7 Å². The summed E-state index contributed by atoms with van der Waals surface area (Å²) >= 11 is 0. The van der Waals surface area contributed by atoms with Crippen LogP contribution in [0.2, 0.25) is 0 Å². The van der Waals surface area contributed by atoms with Crippen LogP contribution >= 0.6 is 0 Å². The Morgan fingerprint density at radius 2 is 0.455 bits per heavy atom. The normalized spacial score (nSPS) is 9.41. The quantitative estimate of drug-likeness (QED) is 0.130. The van der Waals surface area contributed by atoms with Gasteiger partial charge in [0.05, 0.1) is 42.7 Å². The molecule has 0 radical (unpaired) electrons. The van der Waals surface area contributed by atoms with Gasteiger partial charge in [0.1, 0.15) is 39.6 Å². The maximum atomic E-state index is 10.4. The Morgan fingerprint density at radius 1 is 0.364 bits per heavy atom. The number of carbonyl (C=O) groups excluding carboxylic acids is 6. The smallest absolute Gasteiger partial charge is 0.467 e. The summed E-state index contributed by atoms with van der Waals surface area (Å²) < 4.78 is 107. The molecule has 0 atom stereocenters. The number of methoxy groups -OCH3 is 6. The molecule has 0 spiro atoms. The Labute approximate surface area is 292 Å². The number of hydrogen-bond acceptors (Lipinski definition) is 23. The third-order valence-corrected chi connectivity index (χ3v) is 2.69. The molecule has 0 N–H and O–H groups in total. The van der Waals surface area contributed by atoms with E-state index in [0.717, 1.165) is 0 Å². The molecule has 0 amide bonds. The van der Waals surface area contributed by atoms with Gasteiger partial charge in [-0.15, -0.1) is 20.5 Å². The van der Waals surface area contributed by atoms with E-state index in [9.17, 15) is 28.8 Å². The van der Waals surface area contributed by atoms with E-state index in [1.807, 2.05) is 0 Å². The van der Waals surface area contributed by atoms with Gasteiger partial charge in [-0.25, -0.2) is 66.0 Å². The first-order chi connectivity index (χ1) is 19.6. The number of ether oxygens (including phenoxy) is 9. The van der Waals surface area contributed by atoms with Gasteiger partial charge in [0.15, 0.2) is 0 Å². The third kappa shape index (κ3) is 77.8. The molecule has 0 heterocycles. The van der Waals surface area contributed by atoms with Gasteiger partial charge in [-0.1, -0.05) is 0 Å². The summed E-state index contributed by atoms with van der Waals surface area (Å²) in [5.41, 5.74) is 0. The van der Waals surface area contributed by atoms with Crippen LogP contribution in [0.1, 0.15) is 0 Å². The SMILES string of the molecule is COC(=O)COCC(=O)OC.COC(=O)COCC(=O)OC.COC(=O)COCC(=O)OC.[O-][Cl+3]([O-])([O-])[O-].[O-][Cl+3]([O-])([O-])[O-].[Yb+2]. The van der Waals surface area contributed by atoms with Gasteiger partial charge in [0, 0.05) is 0 Å². The Balaban J connectivity index is -0.000000106. The molecule has 0 rings (SSSR count). The average molecular weight is 858 g/mol. The standard InChI is InChI=1S/3C6H10O5.2ClHO4.Yb/c3*1-9-5(7)3-11-4-6(8)10-2;2*2-1(3,4)5;/h3*3-4H2,1-2H3;2*(H,2,3,4,5);/q;;;;;+2/p-2. The van der Waals surface area contributed by atoms with Crippen LogP contribution in [0, 0.1) is 67.4 Å². The van der Waals surface area contributed by atoms with Crippen LogP contribution < -0.4 is 37.3 Å². The minimum absolute atomic E-state index is 0. The second kappa shape index (κ2) is 36.0. The first-order valence-corrected chi connectivity index (χ1v) is 12.5. The van der Waals surface area contributed by atoms with E-state index in [-0.39, 0.29) is 86.6 Å². The Bertz CT molecular complexity index is 616. The fraction of sp³-hybridized carbons (Fsp3) is 0.667. The van der Waals surface area contributed by atoms with E-state index in [4.69, 9.17) is 37.3 Å².